The lowest BCUT2D eigenvalue weighted by Crippen LogP contribution is -2.44. The zero-order valence-electron chi connectivity index (χ0n) is 19.8. The lowest BCUT2D eigenvalue weighted by Gasteiger charge is -2.34. The minimum Gasteiger partial charge on any atom is -0.469 e. The number of urea groups is 1. The lowest BCUT2D eigenvalue weighted by atomic mass is 9.80. The first-order chi connectivity index (χ1) is 18.1. The molecule has 1 aliphatic carbocycles. The first kappa shape index (κ1) is 23.2. The number of amides is 2. The molecule has 0 saturated heterocycles. The van der Waals surface area contributed by atoms with E-state index in [0.717, 1.165) is 22.7 Å². The van der Waals surface area contributed by atoms with Crippen LogP contribution in [0.25, 0.3) is 0 Å². The monoisotopic (exact) mass is 513 g/mol. The van der Waals surface area contributed by atoms with Gasteiger partial charge in [0.25, 0.3) is 0 Å². The molecule has 0 fully saturated rings. The summed E-state index contributed by atoms with van der Waals surface area (Å²) in [5.41, 5.74) is 3.54. The van der Waals surface area contributed by atoms with E-state index in [2.05, 4.69) is 10.6 Å². The maximum absolute atomic E-state index is 13.9. The Morgan fingerprint density at radius 1 is 0.973 bits per heavy atom. The van der Waals surface area contributed by atoms with Gasteiger partial charge in [0.1, 0.15) is 11.5 Å². The average Bonchev–Trinajstić information content (AvgIpc) is 3.60. The smallest absolute Gasteiger partial charge is 0.323 e. The molecule has 2 atom stereocenters. The van der Waals surface area contributed by atoms with Crippen LogP contribution in [0, 0.1) is 0 Å². The molecular weight excluding hydrogens is 490 g/mol. The van der Waals surface area contributed by atoms with Crippen LogP contribution < -0.4 is 15.5 Å². The molecule has 4 aromatic rings. The molecule has 2 aliphatic rings. The molecule has 186 valence electrons. The number of carbonyl (C=O) groups is 2. The van der Waals surface area contributed by atoms with Crippen molar-refractivity contribution in [2.75, 3.05) is 10.2 Å². The molecular formula is C29H24ClN3O4. The normalized spacial score (nSPS) is 19.1. The lowest BCUT2D eigenvalue weighted by molar-refractivity contribution is -0.116. The van der Waals surface area contributed by atoms with E-state index >= 15 is 0 Å². The summed E-state index contributed by atoms with van der Waals surface area (Å²) in [6.45, 7) is 0.214. The second kappa shape index (κ2) is 9.67. The Labute approximate surface area is 218 Å². The van der Waals surface area contributed by atoms with Crippen molar-refractivity contribution in [1.29, 1.82) is 0 Å². The molecule has 0 saturated carbocycles. The summed E-state index contributed by atoms with van der Waals surface area (Å²) in [5, 5.41) is 7.04. The molecule has 2 N–H and O–H groups in total. The summed E-state index contributed by atoms with van der Waals surface area (Å²) in [6, 6.07) is 21.2. The number of nitrogens with one attached hydrogen (secondary N) is 2. The number of para-hydroxylation sites is 2. The van der Waals surface area contributed by atoms with Crippen LogP contribution in [0.4, 0.5) is 16.2 Å². The van der Waals surface area contributed by atoms with E-state index in [4.69, 9.17) is 20.4 Å². The highest BCUT2D eigenvalue weighted by Gasteiger charge is 2.42. The van der Waals surface area contributed by atoms with Gasteiger partial charge in [0.05, 0.1) is 36.5 Å². The molecule has 37 heavy (non-hydrogen) atoms. The van der Waals surface area contributed by atoms with Crippen molar-refractivity contribution < 1.29 is 18.4 Å². The number of halogens is 1. The maximum atomic E-state index is 13.9. The van der Waals surface area contributed by atoms with Crippen LogP contribution >= 0.6 is 11.6 Å². The van der Waals surface area contributed by atoms with Gasteiger partial charge in [-0.15, -0.1) is 0 Å². The summed E-state index contributed by atoms with van der Waals surface area (Å²) >= 11 is 6.21. The Bertz CT molecular complexity index is 1460. The fraction of sp³-hybridized carbons (Fsp3) is 0.172. The average molecular weight is 514 g/mol. The van der Waals surface area contributed by atoms with Crippen LogP contribution in [0.5, 0.6) is 0 Å². The number of furan rings is 2. The van der Waals surface area contributed by atoms with Crippen molar-refractivity contribution >= 4 is 34.8 Å². The largest absolute Gasteiger partial charge is 0.469 e. The van der Waals surface area contributed by atoms with Crippen molar-refractivity contribution in [2.45, 2.75) is 31.3 Å². The molecule has 2 aromatic heterocycles. The number of ketones is 1. The van der Waals surface area contributed by atoms with Crippen LogP contribution in [0.1, 0.15) is 41.9 Å². The molecule has 8 heteroatoms. The third-order valence-corrected chi connectivity index (χ3v) is 7.08. The zero-order chi connectivity index (χ0) is 25.4. The van der Waals surface area contributed by atoms with Crippen LogP contribution in [0.3, 0.4) is 0 Å². The van der Waals surface area contributed by atoms with Crippen LogP contribution in [0.15, 0.2) is 105 Å². The predicted octanol–water partition coefficient (Wildman–Crippen LogP) is 6.81. The summed E-state index contributed by atoms with van der Waals surface area (Å²) < 4.78 is 11.1. The molecule has 0 radical (unpaired) electrons. The molecule has 0 spiro atoms. The number of anilines is 2. The second-order valence-electron chi connectivity index (χ2n) is 9.14. The Hall–Kier alpha value is -4.23. The van der Waals surface area contributed by atoms with Crippen molar-refractivity contribution in [3.63, 3.8) is 0 Å². The second-order valence-corrected chi connectivity index (χ2v) is 9.58. The topological polar surface area (TPSA) is 87.7 Å². The predicted molar refractivity (Wildman–Crippen MR) is 140 cm³/mol. The number of hydrogen-bond acceptors (Lipinski definition) is 5. The van der Waals surface area contributed by atoms with Crippen LogP contribution in [-0.4, -0.2) is 11.8 Å². The van der Waals surface area contributed by atoms with Crippen molar-refractivity contribution in [1.82, 2.24) is 5.32 Å². The fourth-order valence-electron chi connectivity index (χ4n) is 5.16. The van der Waals surface area contributed by atoms with Gasteiger partial charge in [0.2, 0.25) is 0 Å². The van der Waals surface area contributed by atoms with Gasteiger partial charge in [-0.25, -0.2) is 4.79 Å². The number of nitrogens with zero attached hydrogens (tertiary/aromatic N) is 1. The summed E-state index contributed by atoms with van der Waals surface area (Å²) in [6.07, 6.45) is 4.06. The van der Waals surface area contributed by atoms with Crippen molar-refractivity contribution in [3.8, 4) is 0 Å². The number of benzene rings is 2. The quantitative estimate of drug-likeness (QED) is 0.313. The van der Waals surface area contributed by atoms with Crippen molar-refractivity contribution in [2.24, 2.45) is 0 Å². The number of hydrogen-bond donors (Lipinski definition) is 2. The highest BCUT2D eigenvalue weighted by molar-refractivity contribution is 6.30. The molecule has 0 unspecified atom stereocenters. The SMILES string of the molecule is O=C1C[C@H](c2ccco2)CC2=C1[C@H](c1ccc(Cl)cc1)N(C(=O)NCc1ccco1)c1ccccc1N2. The number of allylic oxidation sites excluding steroid dienone is 1. The zero-order valence-corrected chi connectivity index (χ0v) is 20.6. The molecule has 0 bridgehead atoms. The Morgan fingerprint density at radius 3 is 2.51 bits per heavy atom. The van der Waals surface area contributed by atoms with E-state index in [0.29, 0.717) is 28.5 Å². The minimum absolute atomic E-state index is 0.0354. The third kappa shape index (κ3) is 4.42. The van der Waals surface area contributed by atoms with Crippen molar-refractivity contribution in [3.05, 3.63) is 119 Å². The summed E-state index contributed by atoms with van der Waals surface area (Å²) in [4.78, 5) is 29.4. The molecule has 2 aromatic carbocycles. The number of Topliss-reactive ketones (excluding diaryl/α,β-unsaturated/α-hetero) is 1. The van der Waals surface area contributed by atoms with E-state index in [1.807, 2.05) is 48.5 Å². The van der Waals surface area contributed by atoms with Gasteiger partial charge >= 0.3 is 6.03 Å². The highest BCUT2D eigenvalue weighted by Crippen LogP contribution is 2.47. The molecule has 2 amide bonds. The fourth-order valence-corrected chi connectivity index (χ4v) is 5.29. The summed E-state index contributed by atoms with van der Waals surface area (Å²) in [5.74, 6) is 1.28. The van der Waals surface area contributed by atoms with E-state index in [-0.39, 0.29) is 30.7 Å². The van der Waals surface area contributed by atoms with Crippen LogP contribution in [0.2, 0.25) is 5.02 Å². The van der Waals surface area contributed by atoms with E-state index < -0.39 is 6.04 Å². The number of carbonyl (C=O) groups excluding carboxylic acids is 2. The van der Waals surface area contributed by atoms with Gasteiger partial charge < -0.3 is 19.5 Å². The van der Waals surface area contributed by atoms with E-state index in [1.165, 1.54) is 0 Å². The summed E-state index contributed by atoms with van der Waals surface area (Å²) in [7, 11) is 0. The molecule has 7 nitrogen and oxygen atoms in total. The molecule has 6 rings (SSSR count). The van der Waals surface area contributed by atoms with Gasteiger partial charge in [-0.1, -0.05) is 35.9 Å². The Morgan fingerprint density at radius 2 is 1.76 bits per heavy atom. The Kier molecular flexibility index (Phi) is 6.06. The molecule has 3 heterocycles. The number of rotatable bonds is 4. The van der Waals surface area contributed by atoms with E-state index in [1.54, 1.807) is 41.7 Å². The van der Waals surface area contributed by atoms with Gasteiger partial charge in [-0.05, 0) is 60.5 Å². The third-order valence-electron chi connectivity index (χ3n) is 6.83. The highest BCUT2D eigenvalue weighted by atomic mass is 35.5. The van der Waals surface area contributed by atoms with Gasteiger partial charge in [-0.2, -0.15) is 0 Å². The Balaban J connectivity index is 1.49. The van der Waals surface area contributed by atoms with Gasteiger partial charge in [0, 0.05) is 28.6 Å². The minimum atomic E-state index is -0.662. The first-order valence-corrected chi connectivity index (χ1v) is 12.5. The number of fused-ring (bicyclic) bond motifs is 1. The first-order valence-electron chi connectivity index (χ1n) is 12.1. The van der Waals surface area contributed by atoms with Crippen LogP contribution in [-0.2, 0) is 11.3 Å². The van der Waals surface area contributed by atoms with E-state index in [9.17, 15) is 9.59 Å². The standard InChI is InChI=1S/C29H24ClN3O4/c30-20-11-9-18(10-12-20)28-27-23(15-19(16-25(27)34)26-8-4-14-37-26)32-22-6-1-2-7-24(22)33(28)29(35)31-17-21-5-3-13-36-21/h1-14,19,28,32H,15-17H2,(H,31,35)/t19-,28+/m1/s1. The van der Waals surface area contributed by atoms with Gasteiger partial charge in [0.15, 0.2) is 5.78 Å². The van der Waals surface area contributed by atoms with Gasteiger partial charge in [-0.3, -0.25) is 9.69 Å². The molecule has 1 aliphatic heterocycles. The maximum Gasteiger partial charge on any atom is 0.323 e.